The van der Waals surface area contributed by atoms with Crippen LogP contribution in [-0.2, 0) is 14.9 Å². The first-order valence-corrected chi connectivity index (χ1v) is 8.19. The van der Waals surface area contributed by atoms with Crippen molar-refractivity contribution < 1.29 is 66.4 Å². The zero-order valence-electron chi connectivity index (χ0n) is 14.0. The molecule has 0 saturated carbocycles. The SMILES string of the molecule is COC(=O)c1cccc(OC)c1OS(=O)(=O)C(F)(F)C(F)(F)C(F)(F)C(F)(F)F. The Morgan fingerprint density at radius 2 is 1.41 bits per heavy atom. The van der Waals surface area contributed by atoms with E-state index in [1.807, 2.05) is 0 Å². The minimum atomic E-state index is -7.50. The Balaban J connectivity index is 3.61. The summed E-state index contributed by atoms with van der Waals surface area (Å²) in [4.78, 5) is 11.6. The van der Waals surface area contributed by atoms with Crippen LogP contribution >= 0.6 is 0 Å². The lowest BCUT2D eigenvalue weighted by atomic mass is 10.1. The molecule has 0 amide bonds. The molecule has 0 aliphatic carbocycles. The highest BCUT2D eigenvalue weighted by atomic mass is 32.2. The van der Waals surface area contributed by atoms with Crippen molar-refractivity contribution in [1.29, 1.82) is 0 Å². The molecule has 0 atom stereocenters. The van der Waals surface area contributed by atoms with Crippen LogP contribution in [0.25, 0.3) is 0 Å². The number of hydrogen-bond acceptors (Lipinski definition) is 6. The largest absolute Gasteiger partial charge is 0.493 e. The predicted molar refractivity (Wildman–Crippen MR) is 74.8 cm³/mol. The van der Waals surface area contributed by atoms with E-state index in [1.54, 1.807) is 0 Å². The second kappa shape index (κ2) is 7.46. The maximum Gasteiger partial charge on any atom is 0.460 e. The molecule has 1 aromatic carbocycles. The van der Waals surface area contributed by atoms with Crippen LogP contribution in [0.2, 0.25) is 0 Å². The second-order valence-electron chi connectivity index (χ2n) is 5.03. The van der Waals surface area contributed by atoms with E-state index >= 15 is 0 Å². The summed E-state index contributed by atoms with van der Waals surface area (Å²) in [7, 11) is -5.75. The second-order valence-corrected chi connectivity index (χ2v) is 6.62. The smallest absolute Gasteiger partial charge is 0.460 e. The lowest BCUT2D eigenvalue weighted by Gasteiger charge is -2.32. The molecule has 0 fully saturated rings. The lowest BCUT2D eigenvalue weighted by Crippen LogP contribution is -2.63. The Kier molecular flexibility index (Phi) is 6.34. The summed E-state index contributed by atoms with van der Waals surface area (Å²) in [6.45, 7) is 0. The molecule has 166 valence electrons. The number of carbonyl (C=O) groups excluding carboxylic acids is 1. The van der Waals surface area contributed by atoms with Gasteiger partial charge in [0.25, 0.3) is 0 Å². The van der Waals surface area contributed by atoms with Crippen LogP contribution in [-0.4, -0.2) is 51.9 Å². The van der Waals surface area contributed by atoms with Gasteiger partial charge < -0.3 is 13.7 Å². The molecule has 1 aromatic rings. The molecule has 16 heteroatoms. The molecule has 0 unspecified atom stereocenters. The zero-order valence-corrected chi connectivity index (χ0v) is 14.8. The van der Waals surface area contributed by atoms with Crippen molar-refractivity contribution in [3.63, 3.8) is 0 Å². The van der Waals surface area contributed by atoms with Crippen molar-refractivity contribution in [2.45, 2.75) is 23.3 Å². The van der Waals surface area contributed by atoms with Crippen molar-refractivity contribution in [1.82, 2.24) is 0 Å². The number of halogens is 9. The Morgan fingerprint density at radius 3 is 1.83 bits per heavy atom. The Labute approximate surface area is 156 Å². The monoisotopic (exact) mass is 464 g/mol. The minimum absolute atomic E-state index is 0.680. The summed E-state index contributed by atoms with van der Waals surface area (Å²) in [6, 6.07) is 2.42. The number of ether oxygens (including phenoxy) is 2. The van der Waals surface area contributed by atoms with Gasteiger partial charge >= 0.3 is 39.4 Å². The van der Waals surface area contributed by atoms with Gasteiger partial charge in [-0.1, -0.05) is 6.07 Å². The van der Waals surface area contributed by atoms with E-state index in [-0.39, 0.29) is 0 Å². The predicted octanol–water partition coefficient (Wildman–Crippen LogP) is 3.62. The molecular formula is C13H9F9O6S. The van der Waals surface area contributed by atoms with E-state index in [9.17, 15) is 52.7 Å². The van der Waals surface area contributed by atoms with E-state index in [1.165, 1.54) is 0 Å². The van der Waals surface area contributed by atoms with Crippen LogP contribution in [0.15, 0.2) is 18.2 Å². The van der Waals surface area contributed by atoms with Crippen molar-refractivity contribution in [2.24, 2.45) is 0 Å². The summed E-state index contributed by atoms with van der Waals surface area (Å²) in [5, 5.41) is -7.10. The Hall–Kier alpha value is -2.39. The quantitative estimate of drug-likeness (QED) is 0.349. The average Bonchev–Trinajstić information content (AvgIpc) is 2.59. The number of benzene rings is 1. The molecule has 0 spiro atoms. The maximum atomic E-state index is 13.7. The highest BCUT2D eigenvalue weighted by Gasteiger charge is 2.86. The summed E-state index contributed by atoms with van der Waals surface area (Å²) >= 11 is 0. The van der Waals surface area contributed by atoms with Crippen LogP contribution in [0.1, 0.15) is 10.4 Å². The molecule has 1 rings (SSSR count). The highest BCUT2D eigenvalue weighted by Crippen LogP contribution is 2.55. The third kappa shape index (κ3) is 3.89. The lowest BCUT2D eigenvalue weighted by molar-refractivity contribution is -0.382. The van der Waals surface area contributed by atoms with Gasteiger partial charge in [0.05, 0.1) is 14.2 Å². The van der Waals surface area contributed by atoms with Crippen molar-refractivity contribution in [2.75, 3.05) is 14.2 Å². The van der Waals surface area contributed by atoms with Gasteiger partial charge in [0.1, 0.15) is 5.56 Å². The van der Waals surface area contributed by atoms with Gasteiger partial charge in [-0.05, 0) is 12.1 Å². The van der Waals surface area contributed by atoms with Gasteiger partial charge in [0.15, 0.2) is 11.5 Å². The van der Waals surface area contributed by atoms with Crippen molar-refractivity contribution in [3.05, 3.63) is 23.8 Å². The molecule has 0 aliphatic heterocycles. The van der Waals surface area contributed by atoms with Crippen LogP contribution in [0.4, 0.5) is 39.5 Å². The van der Waals surface area contributed by atoms with E-state index < -0.39 is 56.4 Å². The summed E-state index contributed by atoms with van der Waals surface area (Å²) in [5.41, 5.74) is -1.00. The van der Waals surface area contributed by atoms with Gasteiger partial charge in [-0.3, -0.25) is 0 Å². The molecule has 0 radical (unpaired) electrons. The first-order valence-electron chi connectivity index (χ1n) is 6.78. The molecule has 0 N–H and O–H groups in total. The normalized spacial score (nSPS) is 13.8. The van der Waals surface area contributed by atoms with Gasteiger partial charge in [-0.25, -0.2) is 4.79 Å². The van der Waals surface area contributed by atoms with Crippen LogP contribution in [0.3, 0.4) is 0 Å². The molecule has 29 heavy (non-hydrogen) atoms. The number of carbonyl (C=O) groups is 1. The molecule has 0 heterocycles. The number of esters is 1. The third-order valence-electron chi connectivity index (χ3n) is 3.23. The minimum Gasteiger partial charge on any atom is -0.493 e. The first kappa shape index (κ1) is 24.6. The third-order valence-corrected chi connectivity index (χ3v) is 4.50. The average molecular weight is 464 g/mol. The Morgan fingerprint density at radius 1 is 0.897 bits per heavy atom. The first-order chi connectivity index (χ1) is 12.9. The van der Waals surface area contributed by atoms with Gasteiger partial charge in [-0.2, -0.15) is 47.9 Å². The van der Waals surface area contributed by atoms with E-state index in [4.69, 9.17) is 0 Å². The zero-order chi connectivity index (χ0) is 23.1. The highest BCUT2D eigenvalue weighted by molar-refractivity contribution is 7.88. The fourth-order valence-electron chi connectivity index (χ4n) is 1.71. The number of para-hydroxylation sites is 1. The maximum absolute atomic E-state index is 13.7. The van der Waals surface area contributed by atoms with Crippen molar-refractivity contribution in [3.8, 4) is 11.5 Å². The van der Waals surface area contributed by atoms with Crippen molar-refractivity contribution >= 4 is 16.1 Å². The topological polar surface area (TPSA) is 78.9 Å². The van der Waals surface area contributed by atoms with Crippen LogP contribution < -0.4 is 8.92 Å². The van der Waals surface area contributed by atoms with Gasteiger partial charge in [-0.15, -0.1) is 0 Å². The molecule has 6 nitrogen and oxygen atoms in total. The molecule has 0 aromatic heterocycles. The number of hydrogen-bond donors (Lipinski definition) is 0. The van der Waals surface area contributed by atoms with E-state index in [0.29, 0.717) is 6.07 Å². The number of rotatable bonds is 7. The summed E-state index contributed by atoms with van der Waals surface area (Å²) < 4.78 is 152. The number of alkyl halides is 9. The van der Waals surface area contributed by atoms with E-state index in [2.05, 4.69) is 13.7 Å². The molecule has 0 aliphatic rings. The summed E-state index contributed by atoms with van der Waals surface area (Å²) in [5.74, 6) is -18.8. The number of methoxy groups -OCH3 is 2. The van der Waals surface area contributed by atoms with Gasteiger partial charge in [0, 0.05) is 0 Å². The summed E-state index contributed by atoms with van der Waals surface area (Å²) in [6.07, 6.45) is -7.24. The fourth-order valence-corrected chi connectivity index (χ4v) is 2.65. The van der Waals surface area contributed by atoms with Gasteiger partial charge in [0.2, 0.25) is 0 Å². The molecule has 0 saturated heterocycles. The standard InChI is InChI=1S/C13H9F9O6S/c1-26-7-5-3-4-6(9(23)27-2)8(7)28-29(24,25)13(21,22)11(16,17)10(14,15)12(18,19)20/h3-5H,1-2H3. The fraction of sp³-hybridized carbons (Fsp3) is 0.462. The Bertz CT molecular complexity index is 879. The molecular weight excluding hydrogens is 455 g/mol. The van der Waals surface area contributed by atoms with Crippen LogP contribution in [0.5, 0.6) is 11.5 Å². The van der Waals surface area contributed by atoms with Crippen LogP contribution in [0, 0.1) is 0 Å². The van der Waals surface area contributed by atoms with E-state index in [0.717, 1.165) is 26.4 Å². The molecule has 0 bridgehead atoms.